The zero-order valence-corrected chi connectivity index (χ0v) is 11.3. The molecule has 0 aliphatic heterocycles. The van der Waals surface area contributed by atoms with E-state index in [9.17, 15) is 13.6 Å². The van der Waals surface area contributed by atoms with Crippen molar-refractivity contribution in [2.24, 2.45) is 0 Å². The molecule has 1 aromatic rings. The van der Waals surface area contributed by atoms with Crippen molar-refractivity contribution >= 4 is 28.6 Å². The maximum atomic E-state index is 12.6. The number of esters is 1. The lowest BCUT2D eigenvalue weighted by molar-refractivity contribution is -0.139. The quantitative estimate of drug-likeness (QED) is 0.613. The first-order valence-electron chi connectivity index (χ1n) is 4.57. The Balaban J connectivity index is 3.22. The van der Waals surface area contributed by atoms with Gasteiger partial charge in [-0.25, -0.2) is 8.78 Å². The van der Waals surface area contributed by atoms with Gasteiger partial charge in [-0.1, -0.05) is 0 Å². The highest BCUT2D eigenvalue weighted by atomic mass is 127. The highest BCUT2D eigenvalue weighted by Crippen LogP contribution is 2.30. The number of methoxy groups -OCH3 is 2. The van der Waals surface area contributed by atoms with Gasteiger partial charge < -0.3 is 9.47 Å². The van der Waals surface area contributed by atoms with Crippen molar-refractivity contribution in [2.45, 2.75) is 12.8 Å². The van der Waals surface area contributed by atoms with Crippen LogP contribution in [0.3, 0.4) is 0 Å². The lowest BCUT2D eigenvalue weighted by atomic mass is 10.1. The molecule has 0 amide bonds. The molecule has 94 valence electrons. The van der Waals surface area contributed by atoms with Crippen LogP contribution in [0.2, 0.25) is 0 Å². The molecule has 1 heterocycles. The number of nitrogens with zero attached hydrogens (tertiary/aromatic N) is 1. The van der Waals surface area contributed by atoms with Gasteiger partial charge in [-0.2, -0.15) is 0 Å². The van der Waals surface area contributed by atoms with Crippen LogP contribution in [0, 0.1) is 3.57 Å². The number of rotatable bonds is 4. The topological polar surface area (TPSA) is 48.4 Å². The molecule has 0 spiro atoms. The Kier molecular flexibility index (Phi) is 5.03. The summed E-state index contributed by atoms with van der Waals surface area (Å²) < 4.78 is 35.0. The molecule has 0 radical (unpaired) electrons. The third-order valence-corrected chi connectivity index (χ3v) is 3.29. The fourth-order valence-corrected chi connectivity index (χ4v) is 2.07. The van der Waals surface area contributed by atoms with E-state index in [4.69, 9.17) is 4.74 Å². The molecule has 1 aromatic heterocycles. The molecular weight excluding hydrogens is 347 g/mol. The second-order valence-electron chi connectivity index (χ2n) is 3.06. The molecule has 0 fully saturated rings. The molecule has 0 aliphatic carbocycles. The first kappa shape index (κ1) is 14.1. The summed E-state index contributed by atoms with van der Waals surface area (Å²) in [5.74, 6) is -0.225. The van der Waals surface area contributed by atoms with Gasteiger partial charge in [0, 0.05) is 9.13 Å². The maximum Gasteiger partial charge on any atom is 0.310 e. The summed E-state index contributed by atoms with van der Waals surface area (Å²) in [6.07, 6.45) is -1.63. The standard InChI is InChI=1S/C10H10F2INO3/c1-16-6-4-14-9(10(11)12)8(13)5(6)3-7(15)17-2/h4,10H,3H2,1-2H3. The van der Waals surface area contributed by atoms with E-state index in [0.29, 0.717) is 11.3 Å². The Hall–Kier alpha value is -0.990. The minimum absolute atomic E-state index is 0.125. The number of hydrogen-bond acceptors (Lipinski definition) is 4. The molecule has 17 heavy (non-hydrogen) atoms. The van der Waals surface area contributed by atoms with E-state index in [0.717, 1.165) is 0 Å². The average Bonchev–Trinajstić information content (AvgIpc) is 2.30. The van der Waals surface area contributed by atoms with Crippen molar-refractivity contribution in [1.82, 2.24) is 4.98 Å². The number of carbonyl (C=O) groups is 1. The van der Waals surface area contributed by atoms with Gasteiger partial charge in [-0.3, -0.25) is 9.78 Å². The molecule has 4 nitrogen and oxygen atoms in total. The fourth-order valence-electron chi connectivity index (χ4n) is 1.23. The number of hydrogen-bond donors (Lipinski definition) is 0. The van der Waals surface area contributed by atoms with Crippen LogP contribution in [0.5, 0.6) is 5.75 Å². The van der Waals surface area contributed by atoms with Crippen molar-refractivity contribution in [1.29, 1.82) is 0 Å². The largest absolute Gasteiger partial charge is 0.495 e. The van der Waals surface area contributed by atoms with Crippen molar-refractivity contribution in [2.75, 3.05) is 14.2 Å². The molecule has 0 aliphatic rings. The van der Waals surface area contributed by atoms with Crippen molar-refractivity contribution in [3.63, 3.8) is 0 Å². The molecule has 7 heteroatoms. The van der Waals surface area contributed by atoms with Crippen LogP contribution in [-0.2, 0) is 16.0 Å². The van der Waals surface area contributed by atoms with Crippen molar-refractivity contribution in [3.8, 4) is 5.75 Å². The van der Waals surface area contributed by atoms with Gasteiger partial charge in [0.1, 0.15) is 11.4 Å². The Labute approximate surface area is 110 Å². The van der Waals surface area contributed by atoms with Crippen molar-refractivity contribution < 1.29 is 23.0 Å². The molecular formula is C10H10F2INO3. The van der Waals surface area contributed by atoms with E-state index in [-0.39, 0.29) is 15.7 Å². The second kappa shape index (κ2) is 6.08. The predicted molar refractivity (Wildman–Crippen MR) is 64.2 cm³/mol. The van der Waals surface area contributed by atoms with E-state index < -0.39 is 12.4 Å². The highest BCUT2D eigenvalue weighted by Gasteiger charge is 2.21. The van der Waals surface area contributed by atoms with E-state index in [1.165, 1.54) is 20.4 Å². The minimum atomic E-state index is -2.69. The van der Waals surface area contributed by atoms with E-state index in [2.05, 4.69) is 9.72 Å². The van der Waals surface area contributed by atoms with Gasteiger partial charge in [-0.05, 0) is 22.6 Å². The zero-order chi connectivity index (χ0) is 13.0. The number of halogens is 3. The summed E-state index contributed by atoms with van der Waals surface area (Å²) >= 11 is 1.72. The van der Waals surface area contributed by atoms with Crippen LogP contribution in [0.15, 0.2) is 6.20 Å². The molecule has 0 aromatic carbocycles. The maximum absolute atomic E-state index is 12.6. The third-order valence-electron chi connectivity index (χ3n) is 2.08. The number of alkyl halides is 2. The molecule has 0 saturated heterocycles. The highest BCUT2D eigenvalue weighted by molar-refractivity contribution is 14.1. The van der Waals surface area contributed by atoms with Crippen LogP contribution in [0.4, 0.5) is 8.78 Å². The van der Waals surface area contributed by atoms with Gasteiger partial charge in [0.2, 0.25) is 0 Å². The molecule has 0 unspecified atom stereocenters. The monoisotopic (exact) mass is 357 g/mol. The Morgan fingerprint density at radius 3 is 2.65 bits per heavy atom. The molecule has 0 saturated carbocycles. The van der Waals surface area contributed by atoms with Crippen LogP contribution < -0.4 is 4.74 Å². The summed E-state index contributed by atoms with van der Waals surface area (Å²) in [7, 11) is 2.62. The molecule has 0 bridgehead atoms. The fraction of sp³-hybridized carbons (Fsp3) is 0.400. The summed E-state index contributed by atoms with van der Waals surface area (Å²) in [5, 5.41) is 0. The predicted octanol–water partition coefficient (Wildman–Crippen LogP) is 2.35. The second-order valence-corrected chi connectivity index (χ2v) is 4.14. The number of aromatic nitrogens is 1. The van der Waals surface area contributed by atoms with Gasteiger partial charge in [0.25, 0.3) is 6.43 Å². The Morgan fingerprint density at radius 2 is 2.18 bits per heavy atom. The first-order valence-corrected chi connectivity index (χ1v) is 5.65. The van der Waals surface area contributed by atoms with Gasteiger partial charge in [0.05, 0.1) is 26.8 Å². The lowest BCUT2D eigenvalue weighted by Crippen LogP contribution is -2.10. The Bertz CT molecular complexity index is 426. The van der Waals surface area contributed by atoms with Crippen LogP contribution in [-0.4, -0.2) is 25.2 Å². The van der Waals surface area contributed by atoms with Crippen LogP contribution in [0.1, 0.15) is 17.7 Å². The lowest BCUT2D eigenvalue weighted by Gasteiger charge is -2.12. The molecule has 0 N–H and O–H groups in total. The third kappa shape index (κ3) is 3.24. The summed E-state index contributed by atoms with van der Waals surface area (Å²) in [4.78, 5) is 14.8. The van der Waals surface area contributed by atoms with Gasteiger partial charge in [-0.15, -0.1) is 0 Å². The SMILES string of the molecule is COC(=O)Cc1c(OC)cnc(C(F)F)c1I. The number of pyridine rings is 1. The minimum Gasteiger partial charge on any atom is -0.495 e. The van der Waals surface area contributed by atoms with Crippen molar-refractivity contribution in [3.05, 3.63) is 21.0 Å². The average molecular weight is 357 g/mol. The number of ether oxygens (including phenoxy) is 2. The van der Waals surface area contributed by atoms with Crippen LogP contribution >= 0.6 is 22.6 Å². The van der Waals surface area contributed by atoms with E-state index >= 15 is 0 Å². The molecule has 1 rings (SSSR count). The van der Waals surface area contributed by atoms with Gasteiger partial charge >= 0.3 is 5.97 Å². The van der Waals surface area contributed by atoms with E-state index in [1.807, 2.05) is 0 Å². The summed E-state index contributed by atoms with van der Waals surface area (Å²) in [5.41, 5.74) is 0.00977. The van der Waals surface area contributed by atoms with Crippen LogP contribution in [0.25, 0.3) is 0 Å². The smallest absolute Gasteiger partial charge is 0.310 e. The number of carbonyl (C=O) groups excluding carboxylic acids is 1. The van der Waals surface area contributed by atoms with E-state index in [1.54, 1.807) is 22.6 Å². The zero-order valence-electron chi connectivity index (χ0n) is 9.17. The summed E-state index contributed by atoms with van der Waals surface area (Å²) in [6.45, 7) is 0. The van der Waals surface area contributed by atoms with Gasteiger partial charge in [0.15, 0.2) is 0 Å². The molecule has 0 atom stereocenters. The summed E-state index contributed by atoms with van der Waals surface area (Å²) in [6, 6.07) is 0. The Morgan fingerprint density at radius 1 is 1.53 bits per heavy atom. The first-order chi connectivity index (χ1) is 8.01. The normalized spacial score (nSPS) is 10.5.